The fourth-order valence-electron chi connectivity index (χ4n) is 3.01. The van der Waals surface area contributed by atoms with Crippen molar-refractivity contribution in [3.05, 3.63) is 60.2 Å². The Labute approximate surface area is 125 Å². The van der Waals surface area contributed by atoms with Crippen LogP contribution in [0, 0.1) is 0 Å². The lowest BCUT2D eigenvalue weighted by Crippen LogP contribution is -1.89. The third-order valence-corrected chi connectivity index (χ3v) is 4.10. The number of hydrogen-bond acceptors (Lipinski definition) is 1. The summed E-state index contributed by atoms with van der Waals surface area (Å²) in [5.41, 5.74) is 1.41. The van der Waals surface area contributed by atoms with E-state index in [2.05, 4.69) is 54.6 Å². The van der Waals surface area contributed by atoms with Gasteiger partial charge in [0.2, 0.25) is 0 Å². The van der Waals surface area contributed by atoms with Crippen LogP contribution < -0.4 is 0 Å². The van der Waals surface area contributed by atoms with Crippen molar-refractivity contribution < 1.29 is 4.79 Å². The average Bonchev–Trinajstić information content (AvgIpc) is 2.54. The maximum atomic E-state index is 10.2. The van der Waals surface area contributed by atoms with E-state index in [1.54, 1.807) is 0 Å². The van der Waals surface area contributed by atoms with Crippen molar-refractivity contribution in [1.29, 1.82) is 0 Å². The van der Waals surface area contributed by atoms with Crippen molar-refractivity contribution in [3.8, 4) is 0 Å². The van der Waals surface area contributed by atoms with Crippen LogP contribution in [0.3, 0.4) is 0 Å². The second-order valence-electron chi connectivity index (χ2n) is 5.50. The molecule has 0 bridgehead atoms. The largest absolute Gasteiger partial charge is 0.291 e. The van der Waals surface area contributed by atoms with Gasteiger partial charge in [0, 0.05) is 6.42 Å². The Hall–Kier alpha value is -2.15. The molecule has 0 N–H and O–H groups in total. The Morgan fingerprint density at radius 2 is 1.57 bits per heavy atom. The van der Waals surface area contributed by atoms with Crippen LogP contribution >= 0.6 is 0 Å². The maximum Gasteiger partial charge on any atom is 0.198 e. The first-order chi connectivity index (χ1) is 10.4. The Morgan fingerprint density at radius 1 is 0.714 bits per heavy atom. The zero-order valence-corrected chi connectivity index (χ0v) is 12.1. The molecule has 3 aromatic rings. The highest BCUT2D eigenvalue weighted by Crippen LogP contribution is 2.28. The van der Waals surface area contributed by atoms with Gasteiger partial charge in [-0.3, -0.25) is 4.79 Å². The van der Waals surface area contributed by atoms with E-state index in [1.165, 1.54) is 27.1 Å². The van der Waals surface area contributed by atoms with Crippen LogP contribution in [-0.4, -0.2) is 6.29 Å². The van der Waals surface area contributed by atoms with Crippen molar-refractivity contribution in [2.24, 2.45) is 0 Å². The molecule has 0 aliphatic rings. The van der Waals surface area contributed by atoms with Crippen molar-refractivity contribution in [2.45, 2.75) is 32.1 Å². The first kappa shape index (κ1) is 13.8. The summed E-state index contributed by atoms with van der Waals surface area (Å²) < 4.78 is 0. The Bertz CT molecular complexity index is 758. The molecule has 0 fully saturated rings. The van der Waals surface area contributed by atoms with Crippen LogP contribution in [0.4, 0.5) is 0 Å². The highest BCUT2D eigenvalue weighted by Gasteiger charge is 2.04. The normalized spacial score (nSPS) is 11.0. The smallest absolute Gasteiger partial charge is 0.198 e. The molecule has 0 saturated carbocycles. The SMILES string of the molecule is O=[C]CCCCCc1cccc2c1ccc1ccccc12. The van der Waals surface area contributed by atoms with Gasteiger partial charge in [0.05, 0.1) is 0 Å². The third kappa shape index (κ3) is 2.97. The van der Waals surface area contributed by atoms with E-state index in [0.29, 0.717) is 6.42 Å². The molecule has 0 unspecified atom stereocenters. The lowest BCUT2D eigenvalue weighted by Gasteiger charge is -2.09. The summed E-state index contributed by atoms with van der Waals surface area (Å²) in [6, 6.07) is 19.6. The van der Waals surface area contributed by atoms with Gasteiger partial charge in [0.1, 0.15) is 0 Å². The first-order valence-corrected chi connectivity index (χ1v) is 7.64. The van der Waals surface area contributed by atoms with E-state index in [-0.39, 0.29) is 0 Å². The van der Waals surface area contributed by atoms with Gasteiger partial charge in [-0.2, -0.15) is 0 Å². The van der Waals surface area contributed by atoms with Crippen molar-refractivity contribution in [3.63, 3.8) is 0 Å². The van der Waals surface area contributed by atoms with Crippen LogP contribution in [0.25, 0.3) is 21.5 Å². The predicted octanol–water partition coefficient (Wildman–Crippen LogP) is 5.21. The summed E-state index contributed by atoms with van der Waals surface area (Å²) in [7, 11) is 0. The molecule has 0 amide bonds. The standard InChI is InChI=1S/C20H19O/c21-15-6-2-1-3-8-16-10-7-12-20-18-11-5-4-9-17(18)13-14-19(16)20/h4-5,7,9-14H,1-3,6,8H2. The highest BCUT2D eigenvalue weighted by molar-refractivity contribution is 6.08. The minimum Gasteiger partial charge on any atom is -0.291 e. The minimum absolute atomic E-state index is 0.570. The molecule has 21 heavy (non-hydrogen) atoms. The van der Waals surface area contributed by atoms with E-state index in [4.69, 9.17) is 0 Å². The number of unbranched alkanes of at least 4 members (excludes halogenated alkanes) is 3. The van der Waals surface area contributed by atoms with Gasteiger partial charge in [-0.05, 0) is 46.4 Å². The van der Waals surface area contributed by atoms with Gasteiger partial charge in [-0.15, -0.1) is 0 Å². The molecular formula is C20H19O. The van der Waals surface area contributed by atoms with Crippen molar-refractivity contribution in [1.82, 2.24) is 0 Å². The third-order valence-electron chi connectivity index (χ3n) is 4.10. The molecule has 0 heterocycles. The van der Waals surface area contributed by atoms with Crippen molar-refractivity contribution >= 4 is 27.8 Å². The summed E-state index contributed by atoms with van der Waals surface area (Å²) in [6.07, 6.45) is 6.80. The molecule has 1 nitrogen and oxygen atoms in total. The van der Waals surface area contributed by atoms with E-state index in [9.17, 15) is 4.79 Å². The molecule has 0 aliphatic heterocycles. The zero-order valence-electron chi connectivity index (χ0n) is 12.1. The first-order valence-electron chi connectivity index (χ1n) is 7.64. The Kier molecular flexibility index (Phi) is 4.30. The highest BCUT2D eigenvalue weighted by atomic mass is 16.1. The van der Waals surface area contributed by atoms with Gasteiger partial charge < -0.3 is 0 Å². The Balaban J connectivity index is 1.89. The Morgan fingerprint density at radius 3 is 2.48 bits per heavy atom. The van der Waals surface area contributed by atoms with Gasteiger partial charge in [-0.25, -0.2) is 0 Å². The second-order valence-corrected chi connectivity index (χ2v) is 5.50. The van der Waals surface area contributed by atoms with E-state index < -0.39 is 0 Å². The van der Waals surface area contributed by atoms with Gasteiger partial charge in [-0.1, -0.05) is 61.0 Å². The second kappa shape index (κ2) is 6.53. The van der Waals surface area contributed by atoms with E-state index in [0.717, 1.165) is 25.7 Å². The van der Waals surface area contributed by atoms with Crippen LogP contribution in [0.1, 0.15) is 31.2 Å². The predicted molar refractivity (Wildman–Crippen MR) is 89.3 cm³/mol. The van der Waals surface area contributed by atoms with Gasteiger partial charge in [0.25, 0.3) is 0 Å². The number of rotatable bonds is 6. The molecule has 0 atom stereocenters. The molecule has 0 aliphatic carbocycles. The number of carbonyl (C=O) groups excluding carboxylic acids is 1. The number of fused-ring (bicyclic) bond motifs is 3. The monoisotopic (exact) mass is 275 g/mol. The molecule has 105 valence electrons. The molecular weight excluding hydrogens is 256 g/mol. The van der Waals surface area contributed by atoms with Crippen LogP contribution in [-0.2, 0) is 11.2 Å². The van der Waals surface area contributed by atoms with Crippen molar-refractivity contribution in [2.75, 3.05) is 0 Å². The minimum atomic E-state index is 0.570. The van der Waals surface area contributed by atoms with Crippen LogP contribution in [0.15, 0.2) is 54.6 Å². The zero-order chi connectivity index (χ0) is 14.5. The molecule has 0 aromatic heterocycles. The summed E-state index contributed by atoms with van der Waals surface area (Å²) >= 11 is 0. The molecule has 3 rings (SSSR count). The summed E-state index contributed by atoms with van der Waals surface area (Å²) in [5.74, 6) is 0. The van der Waals surface area contributed by atoms with Crippen LogP contribution in [0.5, 0.6) is 0 Å². The molecule has 1 radical (unpaired) electrons. The maximum absolute atomic E-state index is 10.2. The lowest BCUT2D eigenvalue weighted by molar-refractivity contribution is 0.545. The number of hydrogen-bond donors (Lipinski definition) is 0. The summed E-state index contributed by atoms with van der Waals surface area (Å²) in [5, 5.41) is 5.32. The summed E-state index contributed by atoms with van der Waals surface area (Å²) in [6.45, 7) is 0. The quantitative estimate of drug-likeness (QED) is 0.446. The number of aryl methyl sites for hydroxylation is 1. The fraction of sp³-hybridized carbons (Fsp3) is 0.250. The lowest BCUT2D eigenvalue weighted by atomic mass is 9.96. The van der Waals surface area contributed by atoms with Gasteiger partial charge in [0.15, 0.2) is 6.29 Å². The molecule has 1 heteroatoms. The molecule has 0 spiro atoms. The molecule has 0 saturated heterocycles. The topological polar surface area (TPSA) is 17.1 Å². The van der Waals surface area contributed by atoms with Crippen LogP contribution in [0.2, 0.25) is 0 Å². The molecule has 3 aromatic carbocycles. The summed E-state index contributed by atoms with van der Waals surface area (Å²) in [4.78, 5) is 10.2. The number of benzene rings is 3. The van der Waals surface area contributed by atoms with E-state index >= 15 is 0 Å². The van der Waals surface area contributed by atoms with E-state index in [1.807, 2.05) is 6.29 Å². The van der Waals surface area contributed by atoms with Gasteiger partial charge >= 0.3 is 0 Å². The average molecular weight is 275 g/mol. The fourth-order valence-corrected chi connectivity index (χ4v) is 3.01.